The van der Waals surface area contributed by atoms with Gasteiger partial charge in [-0.05, 0) is 24.3 Å². The van der Waals surface area contributed by atoms with E-state index in [0.29, 0.717) is 28.0 Å². The lowest BCUT2D eigenvalue weighted by molar-refractivity contribution is 0.194. The van der Waals surface area contributed by atoms with Crippen molar-refractivity contribution in [3.05, 3.63) is 70.3 Å². The number of hydrogen-bond donors (Lipinski definition) is 3. The third kappa shape index (κ3) is 3.97. The molecule has 136 valence electrons. The van der Waals surface area contributed by atoms with Crippen molar-refractivity contribution >= 4 is 17.0 Å². The number of amides is 1. The van der Waals surface area contributed by atoms with E-state index >= 15 is 0 Å². The molecule has 0 saturated heterocycles. The van der Waals surface area contributed by atoms with Crippen molar-refractivity contribution in [2.75, 3.05) is 13.2 Å². The lowest BCUT2D eigenvalue weighted by Crippen LogP contribution is -2.29. The van der Waals surface area contributed by atoms with Crippen LogP contribution in [0.25, 0.3) is 16.6 Å². The SMILES string of the molecule is O=C(O)NCCc1nc2cccc(C#CCO)c2c(=O)n1-c1ccccc1. The first kappa shape index (κ1) is 18.2. The van der Waals surface area contributed by atoms with Crippen LogP contribution in [0, 0.1) is 11.8 Å². The standard InChI is InChI=1S/C20H17N3O4/c24-13-5-7-14-6-4-10-16-18(14)19(25)23(15-8-2-1-3-9-15)17(22-16)11-12-21-20(26)27/h1-4,6,8-10,21,24H,11-13H2,(H,26,27). The third-order valence-corrected chi connectivity index (χ3v) is 3.91. The van der Waals surface area contributed by atoms with E-state index in [-0.39, 0.29) is 25.1 Å². The first-order chi connectivity index (χ1) is 13.1. The zero-order chi connectivity index (χ0) is 19.2. The Kier molecular flexibility index (Phi) is 5.50. The summed E-state index contributed by atoms with van der Waals surface area (Å²) in [6.45, 7) is -0.181. The van der Waals surface area contributed by atoms with Crippen molar-refractivity contribution in [3.8, 4) is 17.5 Å². The van der Waals surface area contributed by atoms with Crippen LogP contribution < -0.4 is 10.9 Å². The fourth-order valence-electron chi connectivity index (χ4n) is 2.81. The highest BCUT2D eigenvalue weighted by Crippen LogP contribution is 2.16. The maximum absolute atomic E-state index is 13.3. The highest BCUT2D eigenvalue weighted by molar-refractivity contribution is 5.84. The summed E-state index contributed by atoms with van der Waals surface area (Å²) in [5.41, 5.74) is 1.30. The summed E-state index contributed by atoms with van der Waals surface area (Å²) in [5.74, 6) is 5.79. The lowest BCUT2D eigenvalue weighted by Gasteiger charge is -2.14. The quantitative estimate of drug-likeness (QED) is 0.610. The number of aromatic nitrogens is 2. The highest BCUT2D eigenvalue weighted by Gasteiger charge is 2.15. The van der Waals surface area contributed by atoms with Crippen LogP contribution in [-0.2, 0) is 6.42 Å². The predicted molar refractivity (Wildman–Crippen MR) is 101 cm³/mol. The Labute approximate surface area is 154 Å². The lowest BCUT2D eigenvalue weighted by atomic mass is 10.1. The molecule has 0 aliphatic heterocycles. The van der Waals surface area contributed by atoms with E-state index in [0.717, 1.165) is 0 Å². The molecule has 0 aliphatic rings. The number of benzene rings is 2. The normalized spacial score (nSPS) is 10.3. The van der Waals surface area contributed by atoms with Gasteiger partial charge in [0.05, 0.1) is 16.6 Å². The molecule has 0 radical (unpaired) electrons. The van der Waals surface area contributed by atoms with Gasteiger partial charge in [-0.2, -0.15) is 0 Å². The Morgan fingerprint density at radius 3 is 2.63 bits per heavy atom. The van der Waals surface area contributed by atoms with E-state index in [1.807, 2.05) is 18.2 Å². The Hall–Kier alpha value is -3.63. The average molecular weight is 363 g/mol. The summed E-state index contributed by atoms with van der Waals surface area (Å²) in [5, 5.41) is 20.4. The molecular formula is C20H17N3O4. The van der Waals surface area contributed by atoms with Gasteiger partial charge in [0, 0.05) is 18.5 Å². The van der Waals surface area contributed by atoms with E-state index in [2.05, 4.69) is 22.1 Å². The molecule has 7 nitrogen and oxygen atoms in total. The smallest absolute Gasteiger partial charge is 0.404 e. The number of rotatable bonds is 4. The molecule has 0 atom stereocenters. The van der Waals surface area contributed by atoms with Gasteiger partial charge in [0.1, 0.15) is 12.4 Å². The minimum Gasteiger partial charge on any atom is -0.465 e. The van der Waals surface area contributed by atoms with Gasteiger partial charge in [0.2, 0.25) is 0 Å². The molecule has 27 heavy (non-hydrogen) atoms. The number of hydrogen-bond acceptors (Lipinski definition) is 4. The minimum atomic E-state index is -1.13. The fourth-order valence-corrected chi connectivity index (χ4v) is 2.81. The molecule has 1 heterocycles. The minimum absolute atomic E-state index is 0.129. The summed E-state index contributed by atoms with van der Waals surface area (Å²) in [4.78, 5) is 28.6. The number of nitrogens with zero attached hydrogens (tertiary/aromatic N) is 2. The Bertz CT molecular complexity index is 1100. The van der Waals surface area contributed by atoms with Crippen molar-refractivity contribution in [3.63, 3.8) is 0 Å². The van der Waals surface area contributed by atoms with Crippen LogP contribution in [0.2, 0.25) is 0 Å². The average Bonchev–Trinajstić information content (AvgIpc) is 2.66. The number of para-hydroxylation sites is 1. The number of carbonyl (C=O) groups is 1. The van der Waals surface area contributed by atoms with Crippen LogP contribution in [0.4, 0.5) is 4.79 Å². The zero-order valence-electron chi connectivity index (χ0n) is 14.3. The van der Waals surface area contributed by atoms with Gasteiger partial charge in [0.25, 0.3) is 5.56 Å². The molecule has 3 N–H and O–H groups in total. The van der Waals surface area contributed by atoms with Gasteiger partial charge >= 0.3 is 6.09 Å². The highest BCUT2D eigenvalue weighted by atomic mass is 16.4. The molecule has 0 saturated carbocycles. The van der Waals surface area contributed by atoms with E-state index in [1.54, 1.807) is 30.3 Å². The molecule has 3 rings (SSSR count). The van der Waals surface area contributed by atoms with Crippen LogP contribution >= 0.6 is 0 Å². The Balaban J connectivity index is 2.24. The van der Waals surface area contributed by atoms with E-state index in [1.165, 1.54) is 4.57 Å². The second-order valence-corrected chi connectivity index (χ2v) is 5.65. The van der Waals surface area contributed by atoms with Crippen LogP contribution in [-0.4, -0.2) is 39.0 Å². The van der Waals surface area contributed by atoms with Gasteiger partial charge in [-0.1, -0.05) is 36.1 Å². The monoisotopic (exact) mass is 363 g/mol. The predicted octanol–water partition coefficient (Wildman–Crippen LogP) is 1.54. The van der Waals surface area contributed by atoms with Gasteiger partial charge in [-0.15, -0.1) is 0 Å². The zero-order valence-corrected chi connectivity index (χ0v) is 14.3. The van der Waals surface area contributed by atoms with E-state index in [4.69, 9.17) is 10.2 Å². The molecule has 7 heteroatoms. The summed E-state index contributed by atoms with van der Waals surface area (Å²) < 4.78 is 1.47. The van der Waals surface area contributed by atoms with Gasteiger partial charge in [0.15, 0.2) is 0 Å². The van der Waals surface area contributed by atoms with Crippen LogP contribution in [0.15, 0.2) is 53.3 Å². The molecule has 1 amide bonds. The number of fused-ring (bicyclic) bond motifs is 1. The maximum Gasteiger partial charge on any atom is 0.404 e. The molecule has 0 fully saturated rings. The van der Waals surface area contributed by atoms with Crippen LogP contribution in [0.3, 0.4) is 0 Å². The van der Waals surface area contributed by atoms with E-state index in [9.17, 15) is 9.59 Å². The number of aliphatic hydroxyl groups excluding tert-OH is 1. The molecule has 3 aromatic rings. The Morgan fingerprint density at radius 2 is 1.93 bits per heavy atom. The summed E-state index contributed by atoms with van der Waals surface area (Å²) in [7, 11) is 0. The van der Waals surface area contributed by atoms with E-state index < -0.39 is 6.09 Å². The summed E-state index contributed by atoms with van der Waals surface area (Å²) >= 11 is 0. The Morgan fingerprint density at radius 1 is 1.15 bits per heavy atom. The molecule has 1 aromatic heterocycles. The number of aliphatic hydroxyl groups is 1. The molecule has 0 aliphatic carbocycles. The molecule has 0 bridgehead atoms. The fraction of sp³-hybridized carbons (Fsp3) is 0.150. The second kappa shape index (κ2) is 8.17. The number of nitrogens with one attached hydrogen (secondary N) is 1. The van der Waals surface area contributed by atoms with Crippen molar-refractivity contribution in [2.24, 2.45) is 0 Å². The van der Waals surface area contributed by atoms with Gasteiger partial charge in [-0.3, -0.25) is 9.36 Å². The van der Waals surface area contributed by atoms with Crippen molar-refractivity contribution in [1.82, 2.24) is 14.9 Å². The molecule has 0 spiro atoms. The first-order valence-corrected chi connectivity index (χ1v) is 8.28. The van der Waals surface area contributed by atoms with Crippen LogP contribution in [0.1, 0.15) is 11.4 Å². The van der Waals surface area contributed by atoms with Crippen molar-refractivity contribution < 1.29 is 15.0 Å². The second-order valence-electron chi connectivity index (χ2n) is 5.65. The first-order valence-electron chi connectivity index (χ1n) is 8.28. The van der Waals surface area contributed by atoms with Crippen molar-refractivity contribution in [1.29, 1.82) is 0 Å². The maximum atomic E-state index is 13.3. The van der Waals surface area contributed by atoms with Gasteiger partial charge < -0.3 is 15.5 Å². The largest absolute Gasteiger partial charge is 0.465 e. The summed E-state index contributed by atoms with van der Waals surface area (Å²) in [6, 6.07) is 14.2. The molecular weight excluding hydrogens is 346 g/mol. The number of carboxylic acid groups (broad SMARTS) is 1. The van der Waals surface area contributed by atoms with Crippen molar-refractivity contribution in [2.45, 2.75) is 6.42 Å². The van der Waals surface area contributed by atoms with Gasteiger partial charge in [-0.25, -0.2) is 9.78 Å². The topological polar surface area (TPSA) is 104 Å². The molecule has 2 aromatic carbocycles. The van der Waals surface area contributed by atoms with Crippen LogP contribution in [0.5, 0.6) is 0 Å². The molecule has 0 unspecified atom stereocenters. The third-order valence-electron chi connectivity index (χ3n) is 3.91. The summed E-state index contributed by atoms with van der Waals surface area (Å²) in [6.07, 6.45) is -0.884.